The fourth-order valence-corrected chi connectivity index (χ4v) is 2.92. The molecule has 0 fully saturated rings. The molecule has 1 aromatic carbocycles. The van der Waals surface area contributed by atoms with Crippen molar-refractivity contribution in [2.45, 2.75) is 18.9 Å². The van der Waals surface area contributed by atoms with E-state index in [-0.39, 0.29) is 29.2 Å². The second kappa shape index (κ2) is 9.78. The van der Waals surface area contributed by atoms with E-state index < -0.39 is 36.3 Å². The molecule has 2 heterocycles. The van der Waals surface area contributed by atoms with Crippen LogP contribution in [0.4, 0.5) is 19.0 Å². The largest absolute Gasteiger partial charge is 0.352 e. The van der Waals surface area contributed by atoms with Gasteiger partial charge < -0.3 is 10.5 Å². The Morgan fingerprint density at radius 3 is 2.59 bits per heavy atom. The maximum atomic E-state index is 14.4. The van der Waals surface area contributed by atoms with Crippen molar-refractivity contribution in [1.82, 2.24) is 10.3 Å². The van der Waals surface area contributed by atoms with Gasteiger partial charge in [-0.3, -0.25) is 15.1 Å². The van der Waals surface area contributed by atoms with Crippen LogP contribution in [0.1, 0.15) is 22.5 Å². The molecule has 3 rings (SSSR count). The third kappa shape index (κ3) is 5.31. The van der Waals surface area contributed by atoms with Gasteiger partial charge in [0.05, 0.1) is 12.0 Å². The molecule has 32 heavy (non-hydrogen) atoms. The maximum Gasteiger partial charge on any atom is 0.325 e. The topological polar surface area (TPSA) is 102 Å². The summed E-state index contributed by atoms with van der Waals surface area (Å²) in [6, 6.07) is 14.4. The first-order valence-electron chi connectivity index (χ1n) is 9.52. The molecule has 3 aromatic rings. The molecule has 0 bridgehead atoms. The number of benzene rings is 1. The summed E-state index contributed by atoms with van der Waals surface area (Å²) in [4.78, 5) is 16.0. The average molecular weight is 442 g/mol. The molecule has 0 radical (unpaired) electrons. The van der Waals surface area contributed by atoms with Crippen molar-refractivity contribution in [2.24, 2.45) is 0 Å². The summed E-state index contributed by atoms with van der Waals surface area (Å²) in [7, 11) is 0. The predicted octanol–water partition coefficient (Wildman–Crippen LogP) is 2.68. The highest BCUT2D eigenvalue weighted by Gasteiger charge is 2.36. The number of nitrogens with zero attached hydrogens (tertiary/aromatic N) is 3. The van der Waals surface area contributed by atoms with E-state index in [0.29, 0.717) is 4.73 Å². The smallest absolute Gasteiger partial charge is 0.325 e. The lowest BCUT2D eigenvalue weighted by Crippen LogP contribution is -2.43. The summed E-state index contributed by atoms with van der Waals surface area (Å²) in [5, 5.41) is 24.7. The number of nitriles is 1. The summed E-state index contributed by atoms with van der Waals surface area (Å²) in [6.45, 7) is -0.970. The zero-order valence-electron chi connectivity index (χ0n) is 16.7. The molecule has 0 saturated heterocycles. The lowest BCUT2D eigenvalue weighted by molar-refractivity contribution is -0.898. The molecule has 7 nitrogen and oxygen atoms in total. The number of aromatic nitrogens is 2. The van der Waals surface area contributed by atoms with Crippen LogP contribution >= 0.6 is 0 Å². The second-order valence-corrected chi connectivity index (χ2v) is 6.82. The Morgan fingerprint density at radius 1 is 1.16 bits per heavy atom. The number of anilines is 1. The van der Waals surface area contributed by atoms with Gasteiger partial charge >= 0.3 is 11.7 Å². The quantitative estimate of drug-likeness (QED) is 0.368. The van der Waals surface area contributed by atoms with Crippen LogP contribution in [0.2, 0.25) is 0 Å². The first-order chi connectivity index (χ1) is 15.3. The number of nitrogens with one attached hydrogen (secondary N) is 2. The van der Waals surface area contributed by atoms with Crippen LogP contribution < -0.4 is 15.4 Å². The average Bonchev–Trinajstić information content (AvgIpc) is 2.79. The molecule has 0 aliphatic heterocycles. The Labute approximate surface area is 181 Å². The molecule has 1 amide bonds. The van der Waals surface area contributed by atoms with E-state index in [0.717, 1.165) is 0 Å². The summed E-state index contributed by atoms with van der Waals surface area (Å²) in [6.07, 6.45) is 0.815. The van der Waals surface area contributed by atoms with Gasteiger partial charge in [-0.25, -0.2) is 4.39 Å². The summed E-state index contributed by atoms with van der Waals surface area (Å²) in [5.74, 6) is -4.55. The molecule has 0 aliphatic rings. The van der Waals surface area contributed by atoms with E-state index in [1.165, 1.54) is 54.7 Å². The summed E-state index contributed by atoms with van der Waals surface area (Å²) < 4.78 is 42.9. The standard InChI is InChI=1S/C22H18F3N5O2/c23-17-6-2-1-5-16(17)13-28-21(31)11-18-15(12-26)8-9-20(30(18)32)29-14-22(24,25)19-7-3-4-10-27-19/h1-10,32H,11,13-14H2,(H,28,31)/p+1. The molecule has 0 aliphatic carbocycles. The lowest BCUT2D eigenvalue weighted by Gasteiger charge is -2.14. The summed E-state index contributed by atoms with van der Waals surface area (Å²) >= 11 is 0. The Hall–Kier alpha value is -4.13. The second-order valence-electron chi connectivity index (χ2n) is 6.82. The first kappa shape index (κ1) is 22.6. The van der Waals surface area contributed by atoms with Gasteiger partial charge in [-0.2, -0.15) is 14.0 Å². The Bertz CT molecular complexity index is 1150. The van der Waals surface area contributed by atoms with Gasteiger partial charge in [0.1, 0.15) is 17.6 Å². The van der Waals surface area contributed by atoms with Crippen LogP contribution in [0.3, 0.4) is 0 Å². The van der Waals surface area contributed by atoms with Gasteiger partial charge in [0.2, 0.25) is 5.91 Å². The molecule has 2 aromatic heterocycles. The fraction of sp³-hybridized carbons (Fsp3) is 0.182. The van der Waals surface area contributed by atoms with Gasteiger partial charge in [0, 0.05) is 24.4 Å². The predicted molar refractivity (Wildman–Crippen MR) is 107 cm³/mol. The van der Waals surface area contributed by atoms with Gasteiger partial charge in [-0.05, 0) is 29.0 Å². The van der Waals surface area contributed by atoms with Crippen molar-refractivity contribution in [3.05, 3.63) is 89.1 Å². The van der Waals surface area contributed by atoms with Crippen molar-refractivity contribution >= 4 is 11.7 Å². The Morgan fingerprint density at radius 2 is 1.91 bits per heavy atom. The van der Waals surface area contributed by atoms with Crippen LogP contribution in [0.15, 0.2) is 60.8 Å². The SMILES string of the molecule is N#Cc1ccc(NCC(F)(F)c2ccccn2)[n+](O)c1CC(=O)NCc1ccccc1F. The van der Waals surface area contributed by atoms with E-state index in [4.69, 9.17) is 0 Å². The van der Waals surface area contributed by atoms with Gasteiger partial charge in [0.15, 0.2) is 12.2 Å². The highest BCUT2D eigenvalue weighted by Crippen LogP contribution is 2.26. The molecule has 0 spiro atoms. The van der Waals surface area contributed by atoms with E-state index in [1.54, 1.807) is 6.07 Å². The minimum Gasteiger partial charge on any atom is -0.352 e. The number of amides is 1. The number of hydrogen-bond donors (Lipinski definition) is 3. The van der Waals surface area contributed by atoms with Crippen molar-refractivity contribution in [3.63, 3.8) is 0 Å². The van der Waals surface area contributed by atoms with Crippen LogP contribution in [-0.2, 0) is 23.7 Å². The first-order valence-corrected chi connectivity index (χ1v) is 9.52. The molecular formula is C22H19F3N5O2+. The third-order valence-corrected chi connectivity index (χ3v) is 4.62. The van der Waals surface area contributed by atoms with Gasteiger partial charge in [-0.15, -0.1) is 0 Å². The molecule has 0 saturated carbocycles. The maximum absolute atomic E-state index is 14.4. The normalized spacial score (nSPS) is 10.9. The number of carbonyl (C=O) groups is 1. The van der Waals surface area contributed by atoms with Crippen LogP contribution in [0, 0.1) is 17.1 Å². The van der Waals surface area contributed by atoms with E-state index in [1.807, 2.05) is 6.07 Å². The van der Waals surface area contributed by atoms with Gasteiger partial charge in [0.25, 0.3) is 0 Å². The number of carbonyl (C=O) groups excluding carboxylic acids is 1. The zero-order chi connectivity index (χ0) is 23.1. The number of rotatable bonds is 8. The molecule has 164 valence electrons. The highest BCUT2D eigenvalue weighted by atomic mass is 19.3. The monoisotopic (exact) mass is 442 g/mol. The highest BCUT2D eigenvalue weighted by molar-refractivity contribution is 5.78. The molecule has 10 heteroatoms. The number of pyridine rings is 2. The van der Waals surface area contributed by atoms with Crippen molar-refractivity contribution in [2.75, 3.05) is 11.9 Å². The lowest BCUT2D eigenvalue weighted by atomic mass is 10.1. The molecular weight excluding hydrogens is 423 g/mol. The minimum absolute atomic E-state index is 0.0180. The summed E-state index contributed by atoms with van der Waals surface area (Å²) in [5.41, 5.74) is -0.302. The number of halogens is 3. The fourth-order valence-electron chi connectivity index (χ4n) is 2.92. The van der Waals surface area contributed by atoms with Crippen molar-refractivity contribution < 1.29 is 27.9 Å². The van der Waals surface area contributed by atoms with Crippen LogP contribution in [-0.4, -0.2) is 22.6 Å². The molecule has 3 N–H and O–H groups in total. The van der Waals surface area contributed by atoms with Crippen LogP contribution in [0.25, 0.3) is 0 Å². The third-order valence-electron chi connectivity index (χ3n) is 4.62. The van der Waals surface area contributed by atoms with E-state index in [9.17, 15) is 28.4 Å². The zero-order valence-corrected chi connectivity index (χ0v) is 16.7. The number of hydrogen-bond acceptors (Lipinski definition) is 5. The molecule has 0 unspecified atom stereocenters. The van der Waals surface area contributed by atoms with E-state index >= 15 is 0 Å². The van der Waals surface area contributed by atoms with Crippen LogP contribution in [0.5, 0.6) is 0 Å². The van der Waals surface area contributed by atoms with E-state index in [2.05, 4.69) is 15.6 Å². The minimum atomic E-state index is -3.33. The number of alkyl halides is 2. The van der Waals surface area contributed by atoms with Crippen molar-refractivity contribution in [3.8, 4) is 6.07 Å². The molecule has 0 atom stereocenters. The Kier molecular flexibility index (Phi) is 6.90. The van der Waals surface area contributed by atoms with Crippen molar-refractivity contribution in [1.29, 1.82) is 5.26 Å². The van der Waals surface area contributed by atoms with Gasteiger partial charge in [-0.1, -0.05) is 24.3 Å². The Balaban J connectivity index is 1.72.